The summed E-state index contributed by atoms with van der Waals surface area (Å²) in [6, 6.07) is 0.445. The van der Waals surface area contributed by atoms with Gasteiger partial charge in [-0.3, -0.25) is 4.79 Å². The van der Waals surface area contributed by atoms with Crippen LogP contribution in [0, 0.1) is 11.3 Å². The molecule has 0 spiro atoms. The molecule has 2 atom stereocenters. The molecule has 0 aromatic carbocycles. The van der Waals surface area contributed by atoms with Crippen LogP contribution in [-0.2, 0) is 4.79 Å². The summed E-state index contributed by atoms with van der Waals surface area (Å²) < 4.78 is 0. The van der Waals surface area contributed by atoms with E-state index in [4.69, 9.17) is 5.11 Å². The molecule has 0 bridgehead atoms. The van der Waals surface area contributed by atoms with E-state index in [2.05, 4.69) is 32.7 Å². The first-order valence-electron chi connectivity index (χ1n) is 5.71. The van der Waals surface area contributed by atoms with Crippen molar-refractivity contribution < 1.29 is 9.90 Å². The average molecular weight is 213 g/mol. The van der Waals surface area contributed by atoms with E-state index in [9.17, 15) is 4.79 Å². The SMILES string of the molecule is CN1CC[C@H](CC(=O)O)[C@H]1CC(C)(C)C. The summed E-state index contributed by atoms with van der Waals surface area (Å²) in [6.07, 6.45) is 2.44. The largest absolute Gasteiger partial charge is 0.481 e. The summed E-state index contributed by atoms with van der Waals surface area (Å²) >= 11 is 0. The third kappa shape index (κ3) is 3.82. The number of carboxylic acids is 1. The maximum atomic E-state index is 10.8. The van der Waals surface area contributed by atoms with Crippen LogP contribution in [-0.4, -0.2) is 35.6 Å². The quantitative estimate of drug-likeness (QED) is 0.781. The van der Waals surface area contributed by atoms with Crippen molar-refractivity contribution in [2.24, 2.45) is 11.3 Å². The van der Waals surface area contributed by atoms with Gasteiger partial charge in [0.2, 0.25) is 0 Å². The second kappa shape index (κ2) is 4.52. The molecule has 88 valence electrons. The van der Waals surface area contributed by atoms with Crippen molar-refractivity contribution in [1.29, 1.82) is 0 Å². The molecule has 1 aliphatic rings. The second-order valence-electron chi connectivity index (χ2n) is 5.96. The molecule has 1 N–H and O–H groups in total. The molecular weight excluding hydrogens is 190 g/mol. The Balaban J connectivity index is 2.60. The molecule has 1 saturated heterocycles. The number of aliphatic carboxylic acids is 1. The Morgan fingerprint density at radius 2 is 2.07 bits per heavy atom. The van der Waals surface area contributed by atoms with Gasteiger partial charge in [-0.1, -0.05) is 20.8 Å². The molecular formula is C12H23NO2. The molecule has 0 aromatic heterocycles. The van der Waals surface area contributed by atoms with Gasteiger partial charge in [-0.2, -0.15) is 0 Å². The molecule has 1 aliphatic heterocycles. The highest BCUT2D eigenvalue weighted by Gasteiger charge is 2.35. The predicted octanol–water partition coefficient (Wildman–Crippen LogP) is 2.22. The Hall–Kier alpha value is -0.570. The Morgan fingerprint density at radius 1 is 1.47 bits per heavy atom. The van der Waals surface area contributed by atoms with Crippen molar-refractivity contribution in [2.75, 3.05) is 13.6 Å². The smallest absolute Gasteiger partial charge is 0.303 e. The van der Waals surface area contributed by atoms with Gasteiger partial charge in [-0.25, -0.2) is 0 Å². The van der Waals surface area contributed by atoms with E-state index in [1.807, 2.05) is 0 Å². The van der Waals surface area contributed by atoms with Crippen molar-refractivity contribution in [3.8, 4) is 0 Å². The average Bonchev–Trinajstić information content (AvgIpc) is 2.32. The summed E-state index contributed by atoms with van der Waals surface area (Å²) in [5.41, 5.74) is 0.278. The number of carbonyl (C=O) groups is 1. The first-order chi connectivity index (χ1) is 6.79. The zero-order valence-corrected chi connectivity index (χ0v) is 10.3. The maximum Gasteiger partial charge on any atom is 0.303 e. The molecule has 0 radical (unpaired) electrons. The Labute approximate surface area is 92.5 Å². The van der Waals surface area contributed by atoms with Gasteiger partial charge in [-0.15, -0.1) is 0 Å². The zero-order chi connectivity index (χ0) is 11.6. The summed E-state index contributed by atoms with van der Waals surface area (Å²) in [4.78, 5) is 13.1. The molecule has 0 saturated carbocycles. The van der Waals surface area contributed by atoms with Gasteiger partial charge in [0.15, 0.2) is 0 Å². The lowest BCUT2D eigenvalue weighted by Gasteiger charge is -2.31. The van der Waals surface area contributed by atoms with Crippen LogP contribution in [0.3, 0.4) is 0 Å². The summed E-state index contributed by atoms with van der Waals surface area (Å²) in [7, 11) is 2.11. The topological polar surface area (TPSA) is 40.5 Å². The highest BCUT2D eigenvalue weighted by atomic mass is 16.4. The number of rotatable bonds is 3. The third-order valence-corrected chi connectivity index (χ3v) is 3.22. The lowest BCUT2D eigenvalue weighted by molar-refractivity contribution is -0.138. The van der Waals surface area contributed by atoms with Gasteiger partial charge in [0, 0.05) is 12.5 Å². The van der Waals surface area contributed by atoms with E-state index < -0.39 is 5.97 Å². The normalized spacial score (nSPS) is 28.3. The molecule has 0 amide bonds. The fourth-order valence-corrected chi connectivity index (χ4v) is 2.50. The first kappa shape index (κ1) is 12.5. The van der Waals surface area contributed by atoms with Gasteiger partial charge in [0.1, 0.15) is 0 Å². The van der Waals surface area contributed by atoms with E-state index in [-0.39, 0.29) is 5.41 Å². The van der Waals surface area contributed by atoms with Crippen LogP contribution in [0.25, 0.3) is 0 Å². The number of likely N-dealkylation sites (tertiary alicyclic amines) is 1. The van der Waals surface area contributed by atoms with Crippen LogP contribution in [0.5, 0.6) is 0 Å². The van der Waals surface area contributed by atoms with Gasteiger partial charge >= 0.3 is 5.97 Å². The molecule has 1 fully saturated rings. The van der Waals surface area contributed by atoms with Crippen LogP contribution in [0.2, 0.25) is 0 Å². The minimum absolute atomic E-state index is 0.278. The number of carboxylic acid groups (broad SMARTS) is 1. The van der Waals surface area contributed by atoms with Gasteiger partial charge in [0.25, 0.3) is 0 Å². The maximum absolute atomic E-state index is 10.8. The minimum Gasteiger partial charge on any atom is -0.481 e. The van der Waals surface area contributed by atoms with Gasteiger partial charge in [0.05, 0.1) is 0 Å². The molecule has 0 aromatic rings. The second-order valence-corrected chi connectivity index (χ2v) is 5.96. The van der Waals surface area contributed by atoms with Crippen molar-refractivity contribution in [3.63, 3.8) is 0 Å². The zero-order valence-electron chi connectivity index (χ0n) is 10.3. The van der Waals surface area contributed by atoms with Crippen LogP contribution < -0.4 is 0 Å². The number of nitrogens with zero attached hydrogens (tertiary/aromatic N) is 1. The molecule has 1 heterocycles. The van der Waals surface area contributed by atoms with Crippen LogP contribution in [0.1, 0.15) is 40.0 Å². The van der Waals surface area contributed by atoms with Crippen molar-refractivity contribution >= 4 is 5.97 Å². The molecule has 0 aliphatic carbocycles. The fourth-order valence-electron chi connectivity index (χ4n) is 2.50. The Morgan fingerprint density at radius 3 is 2.53 bits per heavy atom. The van der Waals surface area contributed by atoms with E-state index in [0.29, 0.717) is 18.4 Å². The van der Waals surface area contributed by atoms with E-state index in [1.165, 1.54) is 0 Å². The fraction of sp³-hybridized carbons (Fsp3) is 0.917. The monoisotopic (exact) mass is 213 g/mol. The van der Waals surface area contributed by atoms with E-state index in [0.717, 1.165) is 19.4 Å². The molecule has 0 unspecified atom stereocenters. The van der Waals surface area contributed by atoms with Gasteiger partial charge < -0.3 is 10.0 Å². The van der Waals surface area contributed by atoms with E-state index >= 15 is 0 Å². The van der Waals surface area contributed by atoms with Crippen molar-refractivity contribution in [1.82, 2.24) is 4.90 Å². The van der Waals surface area contributed by atoms with Crippen molar-refractivity contribution in [3.05, 3.63) is 0 Å². The van der Waals surface area contributed by atoms with E-state index in [1.54, 1.807) is 0 Å². The molecule has 3 heteroatoms. The molecule has 1 rings (SSSR count). The lowest BCUT2D eigenvalue weighted by Crippen LogP contribution is -2.34. The lowest BCUT2D eigenvalue weighted by atomic mass is 9.82. The highest BCUT2D eigenvalue weighted by Crippen LogP contribution is 2.34. The summed E-state index contributed by atoms with van der Waals surface area (Å²) in [5, 5.41) is 8.86. The number of hydrogen-bond acceptors (Lipinski definition) is 2. The van der Waals surface area contributed by atoms with Crippen molar-refractivity contribution in [2.45, 2.75) is 46.1 Å². The van der Waals surface area contributed by atoms with Crippen LogP contribution >= 0.6 is 0 Å². The van der Waals surface area contributed by atoms with Crippen LogP contribution in [0.15, 0.2) is 0 Å². The first-order valence-corrected chi connectivity index (χ1v) is 5.71. The standard InChI is InChI=1S/C12H23NO2/c1-12(2,3)8-10-9(7-11(14)15)5-6-13(10)4/h9-10H,5-8H2,1-4H3,(H,14,15)/t9-,10-/m1/s1. The summed E-state index contributed by atoms with van der Waals surface area (Å²) in [5.74, 6) is -0.319. The molecule has 15 heavy (non-hydrogen) atoms. The number of hydrogen-bond donors (Lipinski definition) is 1. The predicted molar refractivity (Wildman–Crippen MR) is 60.8 cm³/mol. The van der Waals surface area contributed by atoms with Crippen LogP contribution in [0.4, 0.5) is 0 Å². The Bertz CT molecular complexity index is 232. The third-order valence-electron chi connectivity index (χ3n) is 3.22. The van der Waals surface area contributed by atoms with Gasteiger partial charge in [-0.05, 0) is 37.8 Å². The highest BCUT2D eigenvalue weighted by molar-refractivity contribution is 5.67. The summed E-state index contributed by atoms with van der Waals surface area (Å²) in [6.45, 7) is 7.70. The Kier molecular flexibility index (Phi) is 3.77. The molecule has 3 nitrogen and oxygen atoms in total. The minimum atomic E-state index is -0.658.